The van der Waals surface area contributed by atoms with E-state index in [1.807, 2.05) is 25.1 Å². The molecule has 0 fully saturated rings. The highest BCUT2D eigenvalue weighted by Crippen LogP contribution is 2.33. The Bertz CT molecular complexity index is 1750. The van der Waals surface area contributed by atoms with Gasteiger partial charge in [0, 0.05) is 17.0 Å². The number of hydrogen-bond donors (Lipinski definition) is 0. The molecule has 8 heteroatoms. The minimum absolute atomic E-state index is 0.135. The van der Waals surface area contributed by atoms with Crippen molar-refractivity contribution < 1.29 is 26.0 Å². The van der Waals surface area contributed by atoms with Crippen LogP contribution in [-0.4, -0.2) is 23.1 Å². The molecule has 1 aromatic heterocycles. The van der Waals surface area contributed by atoms with E-state index in [1.165, 1.54) is 24.3 Å². The predicted molar refractivity (Wildman–Crippen MR) is 130 cm³/mol. The zero-order valence-corrected chi connectivity index (χ0v) is 20.0. The van der Waals surface area contributed by atoms with Crippen LogP contribution >= 0.6 is 0 Å². The first-order valence-electron chi connectivity index (χ1n) is 10.4. The zero-order valence-electron chi connectivity index (χ0n) is 18.3. The van der Waals surface area contributed by atoms with Crippen molar-refractivity contribution in [3.05, 3.63) is 90.5 Å². The van der Waals surface area contributed by atoms with Crippen LogP contribution in [0.2, 0.25) is 0 Å². The molecule has 4 aromatic carbocycles. The Hall–Kier alpha value is -3.62. The lowest BCUT2D eigenvalue weighted by Crippen LogP contribution is -2.01. The van der Waals surface area contributed by atoms with Gasteiger partial charge in [-0.05, 0) is 85.8 Å². The largest absolute Gasteiger partial charge is 0.457 e. The lowest BCUT2D eigenvalue weighted by atomic mass is 10.1. The van der Waals surface area contributed by atoms with Crippen LogP contribution in [0.15, 0.2) is 104 Å². The molecule has 0 saturated carbocycles. The Morgan fingerprint density at radius 1 is 0.618 bits per heavy atom. The minimum atomic E-state index is -3.76. The summed E-state index contributed by atoms with van der Waals surface area (Å²) in [5.41, 5.74) is 2.40. The van der Waals surface area contributed by atoms with Crippen molar-refractivity contribution in [2.75, 3.05) is 6.26 Å². The van der Waals surface area contributed by atoms with Gasteiger partial charge >= 0.3 is 0 Å². The third-order valence-corrected chi connectivity index (χ3v) is 8.42. The van der Waals surface area contributed by atoms with E-state index in [0.717, 1.165) is 22.6 Å². The quantitative estimate of drug-likeness (QED) is 0.302. The Kier molecular flexibility index (Phi) is 5.22. The van der Waals surface area contributed by atoms with Crippen molar-refractivity contribution >= 4 is 41.6 Å². The standard InChI is InChI=1S/C26H20O6S2/c1-17-3-13-25-23(15-17)24-16-22(12-14-26(24)32-25)34(29,30)21-10-6-19(7-11-21)31-18-4-8-20(9-5-18)33(2,27)28/h3-16H,1-2H3. The van der Waals surface area contributed by atoms with Crippen LogP contribution in [0.5, 0.6) is 11.5 Å². The van der Waals surface area contributed by atoms with Crippen LogP contribution in [0.1, 0.15) is 5.56 Å². The van der Waals surface area contributed by atoms with Crippen molar-refractivity contribution in [1.82, 2.24) is 0 Å². The number of sulfone groups is 2. The third-order valence-electron chi connectivity index (χ3n) is 5.53. The van der Waals surface area contributed by atoms with Gasteiger partial charge in [-0.3, -0.25) is 0 Å². The first-order valence-corrected chi connectivity index (χ1v) is 13.7. The summed E-state index contributed by atoms with van der Waals surface area (Å²) in [4.78, 5) is 0.503. The van der Waals surface area contributed by atoms with E-state index in [0.29, 0.717) is 22.7 Å². The molecule has 0 atom stereocenters. The van der Waals surface area contributed by atoms with E-state index in [1.54, 1.807) is 42.5 Å². The van der Waals surface area contributed by atoms with Gasteiger partial charge in [-0.1, -0.05) is 11.6 Å². The summed E-state index contributed by atoms with van der Waals surface area (Å²) in [5, 5.41) is 1.62. The summed E-state index contributed by atoms with van der Waals surface area (Å²) in [6, 6.07) is 22.8. The van der Waals surface area contributed by atoms with Crippen LogP contribution in [-0.2, 0) is 19.7 Å². The summed E-state index contributed by atoms with van der Waals surface area (Å²) in [7, 11) is -7.06. The van der Waals surface area contributed by atoms with Crippen molar-refractivity contribution in [3.63, 3.8) is 0 Å². The monoisotopic (exact) mass is 492 g/mol. The highest BCUT2D eigenvalue weighted by atomic mass is 32.2. The number of furan rings is 1. The second-order valence-corrected chi connectivity index (χ2v) is 12.0. The van der Waals surface area contributed by atoms with Gasteiger partial charge in [0.25, 0.3) is 0 Å². The SMILES string of the molecule is Cc1ccc2oc3ccc(S(=O)(=O)c4ccc(Oc5ccc(S(C)(=O)=O)cc5)cc4)cc3c2c1. The summed E-state index contributed by atoms with van der Waals surface area (Å²) in [6.07, 6.45) is 1.13. The second-order valence-electron chi connectivity index (χ2n) is 8.08. The summed E-state index contributed by atoms with van der Waals surface area (Å²) in [5.74, 6) is 0.869. The molecule has 0 aliphatic rings. The molecule has 0 N–H and O–H groups in total. The van der Waals surface area contributed by atoms with Gasteiger partial charge < -0.3 is 9.15 Å². The average Bonchev–Trinajstić information content (AvgIpc) is 3.16. The first kappa shape index (κ1) is 22.2. The molecule has 1 heterocycles. The minimum Gasteiger partial charge on any atom is -0.457 e. The smallest absolute Gasteiger partial charge is 0.206 e. The number of aryl methyl sites for hydroxylation is 1. The molecule has 5 rings (SSSR count). The van der Waals surface area contributed by atoms with Gasteiger partial charge in [-0.2, -0.15) is 0 Å². The highest BCUT2D eigenvalue weighted by Gasteiger charge is 2.20. The van der Waals surface area contributed by atoms with Crippen molar-refractivity contribution in [1.29, 1.82) is 0 Å². The van der Waals surface area contributed by atoms with Gasteiger partial charge in [0.2, 0.25) is 9.84 Å². The number of hydrogen-bond acceptors (Lipinski definition) is 6. The van der Waals surface area contributed by atoms with Crippen LogP contribution in [0.25, 0.3) is 21.9 Å². The van der Waals surface area contributed by atoms with Crippen molar-refractivity contribution in [3.8, 4) is 11.5 Å². The normalized spacial score (nSPS) is 12.3. The number of benzene rings is 4. The van der Waals surface area contributed by atoms with Gasteiger partial charge in [0.1, 0.15) is 22.7 Å². The number of ether oxygens (including phenoxy) is 1. The Morgan fingerprint density at radius 3 is 1.71 bits per heavy atom. The van der Waals surface area contributed by atoms with Crippen molar-refractivity contribution in [2.45, 2.75) is 21.6 Å². The van der Waals surface area contributed by atoms with E-state index in [2.05, 4.69) is 0 Å². The molecule has 0 saturated heterocycles. The highest BCUT2D eigenvalue weighted by molar-refractivity contribution is 7.91. The third kappa shape index (κ3) is 4.06. The summed E-state index contributed by atoms with van der Waals surface area (Å²) >= 11 is 0. The molecular formula is C26H20O6S2. The maximum absolute atomic E-state index is 13.3. The maximum Gasteiger partial charge on any atom is 0.206 e. The number of fused-ring (bicyclic) bond motifs is 3. The van der Waals surface area contributed by atoms with Gasteiger partial charge in [0.15, 0.2) is 9.84 Å². The molecule has 0 spiro atoms. The Morgan fingerprint density at radius 2 is 1.12 bits per heavy atom. The maximum atomic E-state index is 13.3. The van der Waals surface area contributed by atoms with E-state index in [9.17, 15) is 16.8 Å². The molecule has 0 aliphatic carbocycles. The molecule has 0 amide bonds. The van der Waals surface area contributed by atoms with Crippen LogP contribution in [0, 0.1) is 6.92 Å². The average molecular weight is 493 g/mol. The predicted octanol–water partition coefficient (Wildman–Crippen LogP) is 5.92. The zero-order chi connectivity index (χ0) is 24.1. The molecule has 172 valence electrons. The lowest BCUT2D eigenvalue weighted by Gasteiger charge is -2.08. The molecule has 0 radical (unpaired) electrons. The first-order chi connectivity index (χ1) is 16.1. The van der Waals surface area contributed by atoms with Gasteiger partial charge in [0.05, 0.1) is 14.7 Å². The van der Waals surface area contributed by atoms with E-state index in [4.69, 9.17) is 9.15 Å². The molecule has 5 aromatic rings. The van der Waals surface area contributed by atoms with Crippen molar-refractivity contribution in [2.24, 2.45) is 0 Å². The Labute approximate surface area is 197 Å². The van der Waals surface area contributed by atoms with Crippen LogP contribution in [0.3, 0.4) is 0 Å². The molecule has 0 bridgehead atoms. The van der Waals surface area contributed by atoms with Gasteiger partial charge in [-0.25, -0.2) is 16.8 Å². The van der Waals surface area contributed by atoms with E-state index in [-0.39, 0.29) is 14.7 Å². The number of rotatable bonds is 5. The lowest BCUT2D eigenvalue weighted by molar-refractivity contribution is 0.481. The topological polar surface area (TPSA) is 90.7 Å². The Balaban J connectivity index is 1.44. The molecular weight excluding hydrogens is 472 g/mol. The second kappa shape index (κ2) is 8.00. The molecule has 34 heavy (non-hydrogen) atoms. The van der Waals surface area contributed by atoms with E-state index >= 15 is 0 Å². The summed E-state index contributed by atoms with van der Waals surface area (Å²) < 4.78 is 61.3. The van der Waals surface area contributed by atoms with E-state index < -0.39 is 19.7 Å². The van der Waals surface area contributed by atoms with Crippen LogP contribution < -0.4 is 4.74 Å². The molecule has 0 unspecified atom stereocenters. The van der Waals surface area contributed by atoms with Gasteiger partial charge in [-0.15, -0.1) is 0 Å². The fourth-order valence-corrected chi connectivity index (χ4v) is 5.67. The summed E-state index contributed by atoms with van der Waals surface area (Å²) in [6.45, 7) is 1.97. The fourth-order valence-electron chi connectivity index (χ4n) is 3.75. The van der Waals surface area contributed by atoms with Crippen LogP contribution in [0.4, 0.5) is 0 Å². The fraction of sp³-hybridized carbons (Fsp3) is 0.0769. The molecule has 0 aliphatic heterocycles. The molecule has 6 nitrogen and oxygen atoms in total.